The van der Waals surface area contributed by atoms with Crippen molar-refractivity contribution >= 4 is 63.5 Å². The first kappa shape index (κ1) is 27.8. The van der Waals surface area contributed by atoms with Gasteiger partial charge in [-0.15, -0.1) is 33.1 Å². The number of hydrogen-bond donors (Lipinski definition) is 4. The van der Waals surface area contributed by atoms with Gasteiger partial charge in [0.15, 0.2) is 11.0 Å². The van der Waals surface area contributed by atoms with E-state index in [1.807, 2.05) is 6.07 Å². The summed E-state index contributed by atoms with van der Waals surface area (Å²) in [5, 5.41) is 13.5. The molecule has 0 unspecified atom stereocenters. The Morgan fingerprint density at radius 3 is 2.18 bits per heavy atom. The van der Waals surface area contributed by atoms with Crippen molar-refractivity contribution in [1.82, 2.24) is 30.7 Å². The van der Waals surface area contributed by atoms with Crippen LogP contribution in [0.1, 0.15) is 32.2 Å². The van der Waals surface area contributed by atoms with Gasteiger partial charge in [0.1, 0.15) is 5.88 Å². The lowest BCUT2D eigenvalue weighted by Crippen LogP contribution is -2.43. The third-order valence-corrected chi connectivity index (χ3v) is 6.87. The van der Waals surface area contributed by atoms with Crippen LogP contribution in [-0.2, 0) is 16.0 Å². The van der Waals surface area contributed by atoms with E-state index in [4.69, 9.17) is 11.6 Å². The van der Waals surface area contributed by atoms with Crippen LogP contribution >= 0.6 is 34.7 Å². The van der Waals surface area contributed by atoms with Crippen LogP contribution in [0.25, 0.3) is 0 Å². The number of nitrogens with one attached hydrogen (secondary N) is 4. The second-order valence-corrected chi connectivity index (χ2v) is 9.77. The Hall–Kier alpha value is -4.27. The van der Waals surface area contributed by atoms with E-state index < -0.39 is 17.7 Å². The highest BCUT2D eigenvalue weighted by Crippen LogP contribution is 2.21. The largest absolute Gasteiger partial charge is 0.298 e. The zero-order valence-corrected chi connectivity index (χ0v) is 22.5. The second kappa shape index (κ2) is 13.5. The SMILES string of the molecule is O=C(CCl)NNC(=O)CSc1nnc(Cc2csc(NC(=O)c3ccccc3)n2)n1NC(=O)c1ccccc1. The van der Waals surface area contributed by atoms with Crippen LogP contribution in [0.4, 0.5) is 5.13 Å². The number of rotatable bonds is 10. The van der Waals surface area contributed by atoms with E-state index in [1.54, 1.807) is 60.0 Å². The molecule has 0 radical (unpaired) electrons. The molecule has 4 amide bonds. The summed E-state index contributed by atoms with van der Waals surface area (Å²) in [6.45, 7) is 0. The van der Waals surface area contributed by atoms with Crippen molar-refractivity contribution < 1.29 is 19.2 Å². The number of carbonyl (C=O) groups excluding carboxylic acids is 4. The lowest BCUT2D eigenvalue weighted by atomic mass is 10.2. The number of alkyl halides is 1. The van der Waals surface area contributed by atoms with Crippen molar-refractivity contribution in [3.63, 3.8) is 0 Å². The van der Waals surface area contributed by atoms with Crippen LogP contribution in [0.15, 0.2) is 71.2 Å². The quantitative estimate of drug-likeness (QED) is 0.126. The summed E-state index contributed by atoms with van der Waals surface area (Å²) in [6.07, 6.45) is 0.179. The second-order valence-electron chi connectivity index (χ2n) is 7.70. The molecule has 39 heavy (non-hydrogen) atoms. The molecule has 0 saturated carbocycles. The third-order valence-electron chi connectivity index (χ3n) is 4.89. The summed E-state index contributed by atoms with van der Waals surface area (Å²) in [5.41, 5.74) is 8.66. The standard InChI is InChI=1S/C24H21ClN8O4S2/c25-12-19(34)29-30-20(35)14-39-24-31-28-18(33(24)32-22(37)16-9-5-2-6-10-16)11-17-13-38-23(26-17)27-21(36)15-7-3-1-4-8-15/h1-10,13H,11-12,14H2,(H,29,34)(H,30,35)(H,32,37)(H,26,27,36). The maximum atomic E-state index is 12.9. The summed E-state index contributed by atoms with van der Waals surface area (Å²) in [6, 6.07) is 17.3. The monoisotopic (exact) mass is 584 g/mol. The van der Waals surface area contributed by atoms with E-state index in [-0.39, 0.29) is 29.1 Å². The number of halogens is 1. The van der Waals surface area contributed by atoms with E-state index >= 15 is 0 Å². The number of thiazole rings is 1. The lowest BCUT2D eigenvalue weighted by Gasteiger charge is -2.11. The van der Waals surface area contributed by atoms with E-state index in [0.29, 0.717) is 27.8 Å². The molecular formula is C24H21ClN8O4S2. The molecule has 0 atom stereocenters. The highest BCUT2D eigenvalue weighted by Gasteiger charge is 2.19. The Bertz CT molecular complexity index is 1460. The van der Waals surface area contributed by atoms with Crippen molar-refractivity contribution in [3.05, 3.63) is 88.7 Å². The first-order valence-corrected chi connectivity index (χ1v) is 13.7. The van der Waals surface area contributed by atoms with Crippen molar-refractivity contribution in [3.8, 4) is 0 Å². The Labute approximate surface area is 235 Å². The van der Waals surface area contributed by atoms with Gasteiger partial charge in [-0.3, -0.25) is 40.8 Å². The lowest BCUT2D eigenvalue weighted by molar-refractivity contribution is -0.126. The summed E-state index contributed by atoms with van der Waals surface area (Å²) < 4.78 is 1.38. The predicted octanol–water partition coefficient (Wildman–Crippen LogP) is 2.44. The minimum atomic E-state index is -0.557. The van der Waals surface area contributed by atoms with Crippen LogP contribution in [0, 0.1) is 0 Å². The van der Waals surface area contributed by atoms with E-state index in [9.17, 15) is 19.2 Å². The maximum Gasteiger partial charge on any atom is 0.270 e. The van der Waals surface area contributed by atoms with Crippen LogP contribution in [0.5, 0.6) is 0 Å². The molecule has 12 nitrogen and oxygen atoms in total. The van der Waals surface area contributed by atoms with Gasteiger partial charge in [0.2, 0.25) is 11.1 Å². The molecule has 4 aromatic rings. The number of benzene rings is 2. The fraction of sp³-hybridized carbons (Fsp3) is 0.125. The van der Waals surface area contributed by atoms with E-state index in [1.165, 1.54) is 16.0 Å². The zero-order valence-electron chi connectivity index (χ0n) is 20.1. The van der Waals surface area contributed by atoms with Gasteiger partial charge in [-0.2, -0.15) is 0 Å². The van der Waals surface area contributed by atoms with Crippen LogP contribution in [-0.4, -0.2) is 55.1 Å². The molecule has 2 aromatic heterocycles. The average molecular weight is 585 g/mol. The smallest absolute Gasteiger partial charge is 0.270 e. The van der Waals surface area contributed by atoms with Crippen molar-refractivity contribution in [2.45, 2.75) is 11.6 Å². The van der Waals surface area contributed by atoms with Gasteiger partial charge in [-0.05, 0) is 24.3 Å². The number of aromatic nitrogens is 4. The highest BCUT2D eigenvalue weighted by atomic mass is 35.5. The highest BCUT2D eigenvalue weighted by molar-refractivity contribution is 7.99. The van der Waals surface area contributed by atoms with E-state index in [2.05, 4.69) is 36.8 Å². The molecule has 0 aliphatic carbocycles. The Balaban J connectivity index is 1.48. The average Bonchev–Trinajstić information content (AvgIpc) is 3.57. The number of nitrogens with zero attached hydrogens (tertiary/aromatic N) is 4. The van der Waals surface area contributed by atoms with Gasteiger partial charge >= 0.3 is 0 Å². The van der Waals surface area contributed by atoms with Gasteiger partial charge in [0.25, 0.3) is 17.7 Å². The van der Waals surface area contributed by atoms with Crippen LogP contribution in [0.3, 0.4) is 0 Å². The molecule has 0 aliphatic heterocycles. The third kappa shape index (κ3) is 7.86. The number of thioether (sulfide) groups is 1. The molecule has 2 aromatic carbocycles. The fourth-order valence-corrected chi connectivity index (χ4v) is 4.56. The molecule has 0 aliphatic rings. The van der Waals surface area contributed by atoms with Gasteiger partial charge in [-0.1, -0.05) is 48.2 Å². The molecule has 0 bridgehead atoms. The zero-order chi connectivity index (χ0) is 27.6. The van der Waals surface area contributed by atoms with Crippen LogP contribution in [0.2, 0.25) is 0 Å². The number of carbonyl (C=O) groups is 4. The molecular weight excluding hydrogens is 564 g/mol. The molecule has 200 valence electrons. The predicted molar refractivity (Wildman–Crippen MR) is 147 cm³/mol. The molecule has 4 rings (SSSR count). The van der Waals surface area contributed by atoms with Crippen molar-refractivity contribution in [2.75, 3.05) is 22.4 Å². The first-order chi connectivity index (χ1) is 18.9. The summed E-state index contributed by atoms with van der Waals surface area (Å²) in [7, 11) is 0. The maximum absolute atomic E-state index is 12.9. The summed E-state index contributed by atoms with van der Waals surface area (Å²) >= 11 is 7.64. The Morgan fingerprint density at radius 2 is 1.51 bits per heavy atom. The number of hydrazine groups is 1. The minimum Gasteiger partial charge on any atom is -0.298 e. The molecule has 0 fully saturated rings. The minimum absolute atomic E-state index is 0.131. The number of anilines is 1. The molecule has 2 heterocycles. The van der Waals surface area contributed by atoms with Crippen molar-refractivity contribution in [2.24, 2.45) is 0 Å². The molecule has 4 N–H and O–H groups in total. The summed E-state index contributed by atoms with van der Waals surface area (Å²) in [4.78, 5) is 53.1. The topological polar surface area (TPSA) is 160 Å². The van der Waals surface area contributed by atoms with Gasteiger partial charge in [-0.25, -0.2) is 9.66 Å². The van der Waals surface area contributed by atoms with E-state index in [0.717, 1.165) is 11.8 Å². The van der Waals surface area contributed by atoms with Crippen LogP contribution < -0.4 is 21.6 Å². The normalized spacial score (nSPS) is 10.5. The fourth-order valence-electron chi connectivity index (χ4n) is 3.08. The van der Waals surface area contributed by atoms with Gasteiger partial charge in [0.05, 0.1) is 17.9 Å². The van der Waals surface area contributed by atoms with Gasteiger partial charge in [0, 0.05) is 16.5 Å². The number of amides is 4. The Kier molecular flexibility index (Phi) is 9.61. The number of hydrogen-bond acceptors (Lipinski definition) is 9. The summed E-state index contributed by atoms with van der Waals surface area (Å²) in [5.74, 6) is -1.84. The Morgan fingerprint density at radius 1 is 0.872 bits per heavy atom. The van der Waals surface area contributed by atoms with Crippen molar-refractivity contribution in [1.29, 1.82) is 0 Å². The molecule has 15 heteroatoms. The molecule has 0 spiro atoms. The van der Waals surface area contributed by atoms with Gasteiger partial charge < -0.3 is 0 Å². The first-order valence-electron chi connectivity index (χ1n) is 11.3. The molecule has 0 saturated heterocycles.